The zero-order valence-electron chi connectivity index (χ0n) is 6.34. The second-order valence-electron chi connectivity index (χ2n) is 2.24. The van der Waals surface area contributed by atoms with Gasteiger partial charge in [-0.25, -0.2) is 9.18 Å². The summed E-state index contributed by atoms with van der Waals surface area (Å²) in [5.41, 5.74) is -2.30. The smallest absolute Gasteiger partial charge is 0.346 e. The van der Waals surface area contributed by atoms with E-state index in [1.807, 2.05) is 0 Å². The van der Waals surface area contributed by atoms with Crippen molar-refractivity contribution in [3.8, 4) is 0 Å². The molecule has 1 unspecified atom stereocenters. The van der Waals surface area contributed by atoms with Gasteiger partial charge in [0.15, 0.2) is 0 Å². The number of alkyl halides is 1. The van der Waals surface area contributed by atoms with Crippen LogP contribution in [0.5, 0.6) is 0 Å². The van der Waals surface area contributed by atoms with E-state index in [9.17, 15) is 9.18 Å². The third-order valence-corrected chi connectivity index (χ3v) is 1.05. The number of aliphatic hydroxyl groups excluding tert-OH is 1. The molecule has 11 heavy (non-hydrogen) atoms. The summed E-state index contributed by atoms with van der Waals surface area (Å²) >= 11 is 0. The Morgan fingerprint density at radius 3 is 2.82 bits per heavy atom. The molecule has 0 amide bonds. The number of carbonyl (C=O) groups is 1. The Morgan fingerprint density at radius 1 is 1.91 bits per heavy atom. The molecule has 0 saturated heterocycles. The van der Waals surface area contributed by atoms with Crippen molar-refractivity contribution in [2.24, 2.45) is 0 Å². The second kappa shape index (κ2) is 4.08. The fourth-order valence-electron chi connectivity index (χ4n) is 0.350. The molecule has 1 N–H and O–H groups in total. The zero-order chi connectivity index (χ0) is 8.91. The fraction of sp³-hybridized carbons (Fsp3) is 0.571. The molecule has 0 fully saturated rings. The van der Waals surface area contributed by atoms with E-state index in [-0.39, 0.29) is 6.61 Å². The van der Waals surface area contributed by atoms with Crippen LogP contribution < -0.4 is 0 Å². The summed E-state index contributed by atoms with van der Waals surface area (Å²) in [5.74, 6) is -1.07. The highest BCUT2D eigenvalue weighted by molar-refractivity contribution is 5.79. The van der Waals surface area contributed by atoms with Crippen LogP contribution in [0, 0.1) is 0 Å². The number of hydrogen-bond donors (Lipinski definition) is 1. The van der Waals surface area contributed by atoms with Gasteiger partial charge in [-0.15, -0.1) is 0 Å². The first kappa shape index (κ1) is 10.1. The van der Waals surface area contributed by atoms with E-state index in [0.29, 0.717) is 0 Å². The molecule has 0 aliphatic rings. The second-order valence-corrected chi connectivity index (χ2v) is 2.24. The van der Waals surface area contributed by atoms with Gasteiger partial charge in [0.1, 0.15) is 6.61 Å². The predicted octanol–water partition coefficient (Wildman–Crippen LogP) is 0.436. The lowest BCUT2D eigenvalue weighted by atomic mass is 10.1. The van der Waals surface area contributed by atoms with Crippen molar-refractivity contribution in [1.82, 2.24) is 0 Å². The first-order valence-corrected chi connectivity index (χ1v) is 3.12. The summed E-state index contributed by atoms with van der Waals surface area (Å²) in [6, 6.07) is 0. The molecule has 3 nitrogen and oxygen atoms in total. The van der Waals surface area contributed by atoms with Crippen LogP contribution in [0.15, 0.2) is 12.7 Å². The molecule has 0 aromatic heterocycles. The van der Waals surface area contributed by atoms with Gasteiger partial charge >= 0.3 is 5.97 Å². The maximum Gasteiger partial charge on any atom is 0.346 e. The van der Waals surface area contributed by atoms with Crippen molar-refractivity contribution in [3.63, 3.8) is 0 Å². The zero-order valence-corrected chi connectivity index (χ0v) is 6.34. The minimum Gasteiger partial charge on any atom is -0.459 e. The van der Waals surface area contributed by atoms with Crippen molar-refractivity contribution < 1.29 is 19.0 Å². The fourth-order valence-corrected chi connectivity index (χ4v) is 0.350. The average molecular weight is 162 g/mol. The number of esters is 1. The van der Waals surface area contributed by atoms with Crippen LogP contribution in [-0.2, 0) is 9.53 Å². The third kappa shape index (κ3) is 3.13. The molecule has 4 heteroatoms. The van der Waals surface area contributed by atoms with E-state index in [1.54, 1.807) is 0 Å². The predicted molar refractivity (Wildman–Crippen MR) is 37.8 cm³/mol. The molecule has 0 aromatic rings. The summed E-state index contributed by atoms with van der Waals surface area (Å²) in [5, 5.41) is 8.36. The Morgan fingerprint density at radius 2 is 2.45 bits per heavy atom. The van der Waals surface area contributed by atoms with Gasteiger partial charge in [0, 0.05) is 0 Å². The van der Waals surface area contributed by atoms with Crippen LogP contribution >= 0.6 is 0 Å². The molecule has 0 aromatic carbocycles. The highest BCUT2D eigenvalue weighted by Crippen LogP contribution is 2.10. The molecular formula is C7H11FO3. The van der Waals surface area contributed by atoms with Gasteiger partial charge in [-0.1, -0.05) is 12.7 Å². The SMILES string of the molecule is C=CCOC(=O)C(C)(F)CO. The van der Waals surface area contributed by atoms with E-state index in [1.165, 1.54) is 6.08 Å². The van der Waals surface area contributed by atoms with Crippen LogP contribution in [0.25, 0.3) is 0 Å². The quantitative estimate of drug-likeness (QED) is 0.482. The van der Waals surface area contributed by atoms with Gasteiger partial charge in [-0.3, -0.25) is 0 Å². The van der Waals surface area contributed by atoms with E-state index in [4.69, 9.17) is 5.11 Å². The molecule has 0 rings (SSSR count). The Bertz CT molecular complexity index is 154. The number of halogens is 1. The van der Waals surface area contributed by atoms with Crippen molar-refractivity contribution in [3.05, 3.63) is 12.7 Å². The molecule has 0 aliphatic heterocycles. The summed E-state index contributed by atoms with van der Waals surface area (Å²) in [6.45, 7) is 3.32. The largest absolute Gasteiger partial charge is 0.459 e. The monoisotopic (exact) mass is 162 g/mol. The van der Waals surface area contributed by atoms with Gasteiger partial charge in [0.2, 0.25) is 5.67 Å². The average Bonchev–Trinajstić information content (AvgIpc) is 2.00. The minimum absolute atomic E-state index is 0.0433. The first-order chi connectivity index (χ1) is 5.04. The molecule has 0 bridgehead atoms. The molecule has 0 aliphatic carbocycles. The molecule has 0 saturated carbocycles. The van der Waals surface area contributed by atoms with E-state index >= 15 is 0 Å². The van der Waals surface area contributed by atoms with Crippen molar-refractivity contribution >= 4 is 5.97 Å². The summed E-state index contributed by atoms with van der Waals surface area (Å²) in [4.78, 5) is 10.6. The molecule has 0 heterocycles. The van der Waals surface area contributed by atoms with Crippen LogP contribution in [0.4, 0.5) is 4.39 Å². The lowest BCUT2D eigenvalue weighted by molar-refractivity contribution is -0.157. The van der Waals surface area contributed by atoms with E-state index < -0.39 is 18.2 Å². The molecule has 64 valence electrons. The summed E-state index contributed by atoms with van der Waals surface area (Å²) in [7, 11) is 0. The number of ether oxygens (including phenoxy) is 1. The van der Waals surface area contributed by atoms with Crippen LogP contribution in [0.2, 0.25) is 0 Å². The number of aliphatic hydroxyl groups is 1. The topological polar surface area (TPSA) is 46.5 Å². The van der Waals surface area contributed by atoms with Crippen LogP contribution in [0.1, 0.15) is 6.92 Å². The Labute approximate surface area is 64.5 Å². The lowest BCUT2D eigenvalue weighted by Gasteiger charge is -2.14. The number of rotatable bonds is 4. The highest BCUT2D eigenvalue weighted by Gasteiger charge is 2.33. The van der Waals surface area contributed by atoms with Crippen LogP contribution in [0.3, 0.4) is 0 Å². The van der Waals surface area contributed by atoms with Crippen LogP contribution in [-0.4, -0.2) is 30.0 Å². The Kier molecular flexibility index (Phi) is 3.74. The minimum atomic E-state index is -2.30. The highest BCUT2D eigenvalue weighted by atomic mass is 19.1. The van der Waals surface area contributed by atoms with Gasteiger partial charge in [0.25, 0.3) is 0 Å². The first-order valence-electron chi connectivity index (χ1n) is 3.12. The molecule has 1 atom stereocenters. The summed E-state index contributed by atoms with van der Waals surface area (Å²) in [6.07, 6.45) is 1.32. The van der Waals surface area contributed by atoms with Gasteiger partial charge < -0.3 is 9.84 Å². The summed E-state index contributed by atoms with van der Waals surface area (Å²) < 4.78 is 17.1. The lowest BCUT2D eigenvalue weighted by Crippen LogP contribution is -2.35. The standard InChI is InChI=1S/C7H11FO3/c1-3-4-11-6(10)7(2,8)5-9/h3,9H,1,4-5H2,2H3. The maximum absolute atomic E-state index is 12.8. The van der Waals surface area contributed by atoms with Crippen molar-refractivity contribution in [1.29, 1.82) is 0 Å². The van der Waals surface area contributed by atoms with Gasteiger partial charge in [-0.05, 0) is 6.92 Å². The van der Waals surface area contributed by atoms with E-state index in [2.05, 4.69) is 11.3 Å². The van der Waals surface area contributed by atoms with E-state index in [0.717, 1.165) is 6.92 Å². The number of carbonyl (C=O) groups excluding carboxylic acids is 1. The van der Waals surface area contributed by atoms with Crippen molar-refractivity contribution in [2.45, 2.75) is 12.6 Å². The Balaban J connectivity index is 3.91. The van der Waals surface area contributed by atoms with Gasteiger partial charge in [0.05, 0.1) is 6.61 Å². The normalized spacial score (nSPS) is 15.2. The number of hydrogen-bond acceptors (Lipinski definition) is 3. The molecular weight excluding hydrogens is 151 g/mol. The van der Waals surface area contributed by atoms with Crippen molar-refractivity contribution in [2.75, 3.05) is 13.2 Å². The third-order valence-electron chi connectivity index (χ3n) is 1.05. The Hall–Kier alpha value is -0.900. The molecule has 0 spiro atoms. The van der Waals surface area contributed by atoms with Gasteiger partial charge in [-0.2, -0.15) is 0 Å². The maximum atomic E-state index is 12.8. The molecule has 0 radical (unpaired) electrons.